The minimum atomic E-state index is -0.487. The Morgan fingerprint density at radius 1 is 1.21 bits per heavy atom. The molecule has 29 heavy (non-hydrogen) atoms. The first-order valence-electron chi connectivity index (χ1n) is 10.1. The summed E-state index contributed by atoms with van der Waals surface area (Å²) in [6.45, 7) is 6.21. The topological polar surface area (TPSA) is 74.8 Å². The molecule has 1 amide bonds. The molecule has 1 saturated carbocycles. The monoisotopic (exact) mass is 426 g/mol. The molecular formula is C21H32ClFN4O2. The standard InChI is InChI=1S/C21H32ClFN4O2/c1-21(2,3)29-20(28)27-17-9-7-16(8-10-17)26-19(24-4)25-12-11-14-5-6-15(23)13-18(14)22/h5-6,13,16-17H,7-12H2,1-4H3,(H,27,28)(H2,24,25,26). The van der Waals surface area contributed by atoms with Crippen LogP contribution >= 0.6 is 11.6 Å². The van der Waals surface area contributed by atoms with E-state index >= 15 is 0 Å². The Morgan fingerprint density at radius 2 is 1.83 bits per heavy atom. The van der Waals surface area contributed by atoms with E-state index in [1.807, 2.05) is 20.8 Å². The van der Waals surface area contributed by atoms with E-state index in [0.29, 0.717) is 24.0 Å². The number of carbonyl (C=O) groups is 1. The molecule has 1 aromatic carbocycles. The van der Waals surface area contributed by atoms with E-state index in [0.717, 1.165) is 37.2 Å². The minimum absolute atomic E-state index is 0.137. The van der Waals surface area contributed by atoms with Crippen LogP contribution in [0.4, 0.5) is 9.18 Å². The van der Waals surface area contributed by atoms with E-state index < -0.39 is 5.60 Å². The number of amides is 1. The number of aliphatic imine (C=N–C) groups is 1. The van der Waals surface area contributed by atoms with Crippen molar-refractivity contribution in [2.24, 2.45) is 4.99 Å². The van der Waals surface area contributed by atoms with E-state index in [1.165, 1.54) is 12.1 Å². The maximum atomic E-state index is 13.1. The van der Waals surface area contributed by atoms with Crippen molar-refractivity contribution < 1.29 is 13.9 Å². The number of nitrogens with one attached hydrogen (secondary N) is 3. The van der Waals surface area contributed by atoms with Crippen LogP contribution in [0.2, 0.25) is 5.02 Å². The average Bonchev–Trinajstić information content (AvgIpc) is 2.62. The van der Waals surface area contributed by atoms with Gasteiger partial charge in [0.05, 0.1) is 0 Å². The summed E-state index contributed by atoms with van der Waals surface area (Å²) < 4.78 is 18.4. The smallest absolute Gasteiger partial charge is 0.407 e. The number of halogens is 2. The molecule has 1 aromatic rings. The van der Waals surface area contributed by atoms with E-state index in [-0.39, 0.29) is 18.0 Å². The van der Waals surface area contributed by atoms with E-state index in [1.54, 1.807) is 13.1 Å². The van der Waals surface area contributed by atoms with Crippen molar-refractivity contribution >= 4 is 23.7 Å². The summed E-state index contributed by atoms with van der Waals surface area (Å²) in [6, 6.07) is 4.88. The quantitative estimate of drug-likeness (QED) is 0.491. The molecule has 1 fully saturated rings. The molecular weight excluding hydrogens is 395 g/mol. The molecule has 1 aliphatic rings. The fraction of sp³-hybridized carbons (Fsp3) is 0.619. The Balaban J connectivity index is 1.70. The maximum absolute atomic E-state index is 13.1. The highest BCUT2D eigenvalue weighted by Gasteiger charge is 2.25. The van der Waals surface area contributed by atoms with Crippen LogP contribution in [0.5, 0.6) is 0 Å². The van der Waals surface area contributed by atoms with Crippen molar-refractivity contribution in [2.75, 3.05) is 13.6 Å². The van der Waals surface area contributed by atoms with Gasteiger partial charge in [0.15, 0.2) is 5.96 Å². The summed E-state index contributed by atoms with van der Waals surface area (Å²) in [4.78, 5) is 16.2. The number of rotatable bonds is 5. The van der Waals surface area contributed by atoms with Crippen molar-refractivity contribution in [3.05, 3.63) is 34.6 Å². The number of hydrogen-bond donors (Lipinski definition) is 3. The molecule has 0 heterocycles. The Kier molecular flexibility index (Phi) is 8.56. The summed E-state index contributed by atoms with van der Waals surface area (Å²) in [5.74, 6) is 0.396. The van der Waals surface area contributed by atoms with Gasteiger partial charge in [0, 0.05) is 30.7 Å². The fourth-order valence-electron chi connectivity index (χ4n) is 3.28. The molecule has 0 bridgehead atoms. The first kappa shape index (κ1) is 23.3. The molecule has 1 aliphatic carbocycles. The predicted octanol–water partition coefficient (Wildman–Crippen LogP) is 4.02. The van der Waals surface area contributed by atoms with E-state index in [4.69, 9.17) is 16.3 Å². The molecule has 3 N–H and O–H groups in total. The number of carbonyl (C=O) groups excluding carboxylic acids is 1. The van der Waals surface area contributed by atoms with Crippen LogP contribution in [0, 0.1) is 5.82 Å². The zero-order valence-corrected chi connectivity index (χ0v) is 18.4. The summed E-state index contributed by atoms with van der Waals surface area (Å²) in [5, 5.41) is 10.1. The molecule has 0 aromatic heterocycles. The Hall–Kier alpha value is -2.02. The largest absolute Gasteiger partial charge is 0.444 e. The summed E-state index contributed by atoms with van der Waals surface area (Å²) in [5.41, 5.74) is 0.406. The molecule has 162 valence electrons. The van der Waals surface area contributed by atoms with E-state index in [2.05, 4.69) is 20.9 Å². The van der Waals surface area contributed by atoms with Gasteiger partial charge in [-0.3, -0.25) is 4.99 Å². The number of benzene rings is 1. The highest BCUT2D eigenvalue weighted by Crippen LogP contribution is 2.20. The van der Waals surface area contributed by atoms with Gasteiger partial charge >= 0.3 is 6.09 Å². The van der Waals surface area contributed by atoms with Gasteiger partial charge in [-0.05, 0) is 70.6 Å². The van der Waals surface area contributed by atoms with Gasteiger partial charge in [-0.1, -0.05) is 17.7 Å². The lowest BCUT2D eigenvalue weighted by Crippen LogP contribution is -2.48. The Morgan fingerprint density at radius 3 is 2.38 bits per heavy atom. The Bertz CT molecular complexity index is 713. The molecule has 0 saturated heterocycles. The number of nitrogens with zero attached hydrogens (tertiary/aromatic N) is 1. The second-order valence-corrected chi connectivity index (χ2v) is 8.73. The second-order valence-electron chi connectivity index (χ2n) is 8.32. The molecule has 0 spiro atoms. The molecule has 0 unspecified atom stereocenters. The SMILES string of the molecule is CN=C(NCCc1ccc(F)cc1Cl)NC1CCC(NC(=O)OC(C)(C)C)CC1. The van der Waals surface area contributed by atoms with Crippen LogP contribution in [-0.4, -0.2) is 43.3 Å². The van der Waals surface area contributed by atoms with E-state index in [9.17, 15) is 9.18 Å². The van der Waals surface area contributed by atoms with Crippen LogP contribution in [0.25, 0.3) is 0 Å². The van der Waals surface area contributed by atoms with Crippen LogP contribution in [-0.2, 0) is 11.2 Å². The van der Waals surface area contributed by atoms with Gasteiger partial charge in [0.2, 0.25) is 0 Å². The molecule has 2 rings (SSSR count). The lowest BCUT2D eigenvalue weighted by atomic mass is 9.91. The lowest BCUT2D eigenvalue weighted by Gasteiger charge is -2.31. The second kappa shape index (κ2) is 10.7. The zero-order chi connectivity index (χ0) is 21.4. The molecule has 8 heteroatoms. The van der Waals surface area contributed by atoms with Crippen molar-refractivity contribution in [3.63, 3.8) is 0 Å². The third-order valence-corrected chi connectivity index (χ3v) is 5.07. The van der Waals surface area contributed by atoms with Gasteiger partial charge in [-0.15, -0.1) is 0 Å². The summed E-state index contributed by atoms with van der Waals surface area (Å²) in [7, 11) is 1.73. The summed E-state index contributed by atoms with van der Waals surface area (Å²) in [6.07, 6.45) is 3.96. The van der Waals surface area contributed by atoms with Gasteiger partial charge in [0.1, 0.15) is 11.4 Å². The van der Waals surface area contributed by atoms with Crippen LogP contribution in [0.15, 0.2) is 23.2 Å². The molecule has 0 atom stereocenters. The minimum Gasteiger partial charge on any atom is -0.444 e. The fourth-order valence-corrected chi connectivity index (χ4v) is 3.55. The number of hydrogen-bond acceptors (Lipinski definition) is 3. The van der Waals surface area contributed by atoms with Crippen molar-refractivity contribution in [2.45, 2.75) is 70.6 Å². The third kappa shape index (κ3) is 8.48. The number of guanidine groups is 1. The van der Waals surface area contributed by atoms with Gasteiger partial charge in [-0.25, -0.2) is 9.18 Å². The van der Waals surface area contributed by atoms with Crippen molar-refractivity contribution in [1.82, 2.24) is 16.0 Å². The molecule has 6 nitrogen and oxygen atoms in total. The van der Waals surface area contributed by atoms with Crippen molar-refractivity contribution in [1.29, 1.82) is 0 Å². The average molecular weight is 427 g/mol. The molecule has 0 radical (unpaired) electrons. The Labute approximate surface area is 177 Å². The predicted molar refractivity (Wildman–Crippen MR) is 115 cm³/mol. The summed E-state index contributed by atoms with van der Waals surface area (Å²) >= 11 is 6.07. The van der Waals surface area contributed by atoms with Crippen LogP contribution in [0.1, 0.15) is 52.0 Å². The van der Waals surface area contributed by atoms with Gasteiger partial charge in [-0.2, -0.15) is 0 Å². The van der Waals surface area contributed by atoms with Gasteiger partial charge < -0.3 is 20.7 Å². The normalized spacial score (nSPS) is 20.1. The lowest BCUT2D eigenvalue weighted by molar-refractivity contribution is 0.0490. The van der Waals surface area contributed by atoms with Gasteiger partial charge in [0.25, 0.3) is 0 Å². The van der Waals surface area contributed by atoms with Crippen LogP contribution < -0.4 is 16.0 Å². The maximum Gasteiger partial charge on any atom is 0.407 e. The third-order valence-electron chi connectivity index (χ3n) is 4.71. The van der Waals surface area contributed by atoms with Crippen LogP contribution in [0.3, 0.4) is 0 Å². The molecule has 0 aliphatic heterocycles. The highest BCUT2D eigenvalue weighted by atomic mass is 35.5. The number of ether oxygens (including phenoxy) is 1. The first-order chi connectivity index (χ1) is 13.7. The number of alkyl carbamates (subject to hydrolysis) is 1. The first-order valence-corrected chi connectivity index (χ1v) is 10.4. The van der Waals surface area contributed by atoms with Crippen molar-refractivity contribution in [3.8, 4) is 0 Å². The highest BCUT2D eigenvalue weighted by molar-refractivity contribution is 6.31. The zero-order valence-electron chi connectivity index (χ0n) is 17.6.